The number of hydrogen-bond acceptors (Lipinski definition) is 6. The van der Waals surface area contributed by atoms with Crippen LogP contribution in [0, 0.1) is 0 Å². The van der Waals surface area contributed by atoms with Gasteiger partial charge in [-0.2, -0.15) is 0 Å². The Balaban J connectivity index is 1.69. The van der Waals surface area contributed by atoms with Crippen molar-refractivity contribution < 1.29 is 9.53 Å². The van der Waals surface area contributed by atoms with Crippen molar-refractivity contribution in [2.75, 3.05) is 43.5 Å². The minimum atomic E-state index is 0.651. The summed E-state index contributed by atoms with van der Waals surface area (Å²) >= 11 is 0. The van der Waals surface area contributed by atoms with Crippen molar-refractivity contribution in [3.63, 3.8) is 0 Å². The number of anilines is 3. The number of nitrogens with zero attached hydrogens (tertiary/aromatic N) is 4. The molecule has 2 aromatic carbocycles. The standard InChI is InChI=1S/C22H23N5O2/c1-29-19-10-6-5-9-18(19)23-20-15-21(27-13-11-26(16-28)12-14-27)25-22(24-20)17-7-3-2-4-8-17/h2-10,15-16H,11-14H2,1H3,(H,23,24,25). The highest BCUT2D eigenvalue weighted by atomic mass is 16.5. The predicted molar refractivity (Wildman–Crippen MR) is 114 cm³/mol. The molecule has 2 heterocycles. The number of para-hydroxylation sites is 2. The third kappa shape index (κ3) is 4.29. The Hall–Kier alpha value is -3.61. The van der Waals surface area contributed by atoms with Gasteiger partial charge in [0.1, 0.15) is 17.4 Å². The highest BCUT2D eigenvalue weighted by Crippen LogP contribution is 2.29. The molecule has 7 heteroatoms. The number of benzene rings is 2. The Kier molecular flexibility index (Phi) is 5.56. The van der Waals surface area contributed by atoms with Crippen molar-refractivity contribution in [3.8, 4) is 17.1 Å². The van der Waals surface area contributed by atoms with Crippen LogP contribution in [-0.4, -0.2) is 54.6 Å². The van der Waals surface area contributed by atoms with Crippen LogP contribution in [0.25, 0.3) is 11.4 Å². The van der Waals surface area contributed by atoms with Gasteiger partial charge < -0.3 is 19.9 Å². The van der Waals surface area contributed by atoms with E-state index in [1.54, 1.807) is 12.0 Å². The van der Waals surface area contributed by atoms with Gasteiger partial charge >= 0.3 is 0 Å². The summed E-state index contributed by atoms with van der Waals surface area (Å²) in [6, 6.07) is 19.6. The molecule has 1 saturated heterocycles. The van der Waals surface area contributed by atoms with Crippen molar-refractivity contribution in [3.05, 3.63) is 60.7 Å². The van der Waals surface area contributed by atoms with Crippen LogP contribution in [0.5, 0.6) is 5.75 Å². The molecule has 1 aliphatic heterocycles. The molecule has 3 aromatic rings. The molecule has 7 nitrogen and oxygen atoms in total. The van der Waals surface area contributed by atoms with E-state index >= 15 is 0 Å². The van der Waals surface area contributed by atoms with Crippen LogP contribution in [0.2, 0.25) is 0 Å². The molecule has 0 radical (unpaired) electrons. The van der Waals surface area contributed by atoms with Crippen LogP contribution in [0.3, 0.4) is 0 Å². The average molecular weight is 389 g/mol. The number of nitrogens with one attached hydrogen (secondary N) is 1. The Morgan fingerprint density at radius 3 is 2.41 bits per heavy atom. The fourth-order valence-electron chi connectivity index (χ4n) is 3.32. The van der Waals surface area contributed by atoms with E-state index in [9.17, 15) is 4.79 Å². The SMILES string of the molecule is COc1ccccc1Nc1cc(N2CCN(C=O)CC2)nc(-c2ccccc2)n1. The number of amides is 1. The lowest BCUT2D eigenvalue weighted by molar-refractivity contribution is -0.118. The summed E-state index contributed by atoms with van der Waals surface area (Å²) in [7, 11) is 1.65. The molecule has 29 heavy (non-hydrogen) atoms. The normalized spacial score (nSPS) is 13.8. The predicted octanol–water partition coefficient (Wildman–Crippen LogP) is 3.17. The Morgan fingerprint density at radius 1 is 0.966 bits per heavy atom. The summed E-state index contributed by atoms with van der Waals surface area (Å²) in [4.78, 5) is 24.5. The van der Waals surface area contributed by atoms with Crippen LogP contribution in [0.4, 0.5) is 17.3 Å². The zero-order valence-electron chi connectivity index (χ0n) is 16.3. The highest BCUT2D eigenvalue weighted by molar-refractivity contribution is 5.69. The topological polar surface area (TPSA) is 70.6 Å². The molecule has 0 aliphatic carbocycles. The van der Waals surface area contributed by atoms with Gasteiger partial charge in [-0.15, -0.1) is 0 Å². The molecule has 1 amide bonds. The molecule has 0 bridgehead atoms. The maximum Gasteiger partial charge on any atom is 0.209 e. The molecule has 1 N–H and O–H groups in total. The Morgan fingerprint density at radius 2 is 1.69 bits per heavy atom. The van der Waals surface area contributed by atoms with Gasteiger partial charge in [0.05, 0.1) is 12.8 Å². The molecular weight excluding hydrogens is 366 g/mol. The first-order valence-corrected chi connectivity index (χ1v) is 9.55. The Labute approximate surface area is 170 Å². The van der Waals surface area contributed by atoms with Gasteiger partial charge in [-0.25, -0.2) is 9.97 Å². The van der Waals surface area contributed by atoms with Gasteiger partial charge in [-0.05, 0) is 12.1 Å². The molecule has 0 unspecified atom stereocenters. The lowest BCUT2D eigenvalue weighted by atomic mass is 10.2. The number of hydrogen-bond donors (Lipinski definition) is 1. The largest absolute Gasteiger partial charge is 0.495 e. The van der Waals surface area contributed by atoms with E-state index in [4.69, 9.17) is 14.7 Å². The summed E-state index contributed by atoms with van der Waals surface area (Å²) in [5, 5.41) is 3.36. The van der Waals surface area contributed by atoms with Crippen molar-refractivity contribution >= 4 is 23.7 Å². The van der Waals surface area contributed by atoms with Crippen molar-refractivity contribution in [1.82, 2.24) is 14.9 Å². The number of ether oxygens (including phenoxy) is 1. The van der Waals surface area contributed by atoms with Crippen LogP contribution in [0.1, 0.15) is 0 Å². The number of aromatic nitrogens is 2. The quantitative estimate of drug-likeness (QED) is 0.653. The molecule has 1 fully saturated rings. The van der Waals surface area contributed by atoms with E-state index in [1.165, 1.54) is 0 Å². The first kappa shape index (κ1) is 18.7. The van der Waals surface area contributed by atoms with E-state index in [1.807, 2.05) is 60.7 Å². The van der Waals surface area contributed by atoms with Crippen molar-refractivity contribution in [2.45, 2.75) is 0 Å². The number of piperazine rings is 1. The fourth-order valence-corrected chi connectivity index (χ4v) is 3.32. The average Bonchev–Trinajstić information content (AvgIpc) is 2.80. The highest BCUT2D eigenvalue weighted by Gasteiger charge is 2.19. The minimum Gasteiger partial charge on any atom is -0.495 e. The van der Waals surface area contributed by atoms with E-state index in [0.717, 1.165) is 42.3 Å². The smallest absolute Gasteiger partial charge is 0.209 e. The fraction of sp³-hybridized carbons (Fsp3) is 0.227. The molecular formula is C22H23N5O2. The van der Waals surface area contributed by atoms with Gasteiger partial charge in [0.2, 0.25) is 6.41 Å². The van der Waals surface area contributed by atoms with Gasteiger partial charge in [0.25, 0.3) is 0 Å². The first-order valence-electron chi connectivity index (χ1n) is 9.55. The third-order valence-electron chi connectivity index (χ3n) is 4.90. The van der Waals surface area contributed by atoms with Crippen molar-refractivity contribution in [1.29, 1.82) is 0 Å². The molecule has 1 aromatic heterocycles. The number of methoxy groups -OCH3 is 1. The van der Waals surface area contributed by atoms with Gasteiger partial charge in [-0.3, -0.25) is 4.79 Å². The summed E-state index contributed by atoms with van der Waals surface area (Å²) in [6.45, 7) is 2.84. The molecule has 148 valence electrons. The van der Waals surface area contributed by atoms with E-state index in [0.29, 0.717) is 24.7 Å². The number of rotatable bonds is 6. The summed E-state index contributed by atoms with van der Waals surface area (Å²) < 4.78 is 5.45. The lowest BCUT2D eigenvalue weighted by Gasteiger charge is -2.33. The maximum atomic E-state index is 11.0. The zero-order valence-corrected chi connectivity index (χ0v) is 16.3. The summed E-state index contributed by atoms with van der Waals surface area (Å²) in [5.41, 5.74) is 1.79. The van der Waals surface area contributed by atoms with Gasteiger partial charge in [0.15, 0.2) is 5.82 Å². The molecule has 0 saturated carbocycles. The maximum absolute atomic E-state index is 11.0. The third-order valence-corrected chi connectivity index (χ3v) is 4.90. The van der Waals surface area contributed by atoms with Gasteiger partial charge in [0, 0.05) is 37.8 Å². The minimum absolute atomic E-state index is 0.651. The second kappa shape index (κ2) is 8.60. The van der Waals surface area contributed by atoms with E-state index < -0.39 is 0 Å². The molecule has 4 rings (SSSR count). The molecule has 1 aliphatic rings. The zero-order chi connectivity index (χ0) is 20.1. The lowest BCUT2D eigenvalue weighted by Crippen LogP contribution is -2.46. The Bertz CT molecular complexity index is 972. The summed E-state index contributed by atoms with van der Waals surface area (Å²) in [5.74, 6) is 2.92. The van der Waals surface area contributed by atoms with Crippen LogP contribution in [0.15, 0.2) is 60.7 Å². The first-order chi connectivity index (χ1) is 14.3. The van der Waals surface area contributed by atoms with Crippen LogP contribution < -0.4 is 15.0 Å². The van der Waals surface area contributed by atoms with E-state index in [-0.39, 0.29) is 0 Å². The number of carbonyl (C=O) groups excluding carboxylic acids is 1. The van der Waals surface area contributed by atoms with Crippen LogP contribution >= 0.6 is 0 Å². The van der Waals surface area contributed by atoms with E-state index in [2.05, 4.69) is 10.2 Å². The van der Waals surface area contributed by atoms with Crippen molar-refractivity contribution in [2.24, 2.45) is 0 Å². The van der Waals surface area contributed by atoms with Gasteiger partial charge in [-0.1, -0.05) is 42.5 Å². The molecule has 0 atom stereocenters. The second-order valence-electron chi connectivity index (χ2n) is 6.75. The monoisotopic (exact) mass is 389 g/mol. The summed E-state index contributed by atoms with van der Waals surface area (Å²) in [6.07, 6.45) is 0.904. The number of carbonyl (C=O) groups is 1. The molecule has 0 spiro atoms. The second-order valence-corrected chi connectivity index (χ2v) is 6.75. The van der Waals surface area contributed by atoms with Crippen LogP contribution in [-0.2, 0) is 4.79 Å².